The van der Waals surface area contributed by atoms with Gasteiger partial charge in [-0.1, -0.05) is 12.1 Å². The SMILES string of the molecule is Cc1cccc(OCCNC2CCC3(CC2)OCCO3)c1. The number of benzene rings is 1. The number of aryl methyl sites for hydroxylation is 1. The van der Waals surface area contributed by atoms with Gasteiger partial charge in [0.25, 0.3) is 0 Å². The van der Waals surface area contributed by atoms with Crippen molar-refractivity contribution in [3.05, 3.63) is 29.8 Å². The number of ether oxygens (including phenoxy) is 3. The number of hydrogen-bond donors (Lipinski definition) is 1. The molecule has 4 nitrogen and oxygen atoms in total. The molecule has 0 radical (unpaired) electrons. The molecule has 0 unspecified atom stereocenters. The molecule has 2 fully saturated rings. The maximum absolute atomic E-state index is 5.76. The smallest absolute Gasteiger partial charge is 0.168 e. The molecular weight excluding hydrogens is 266 g/mol. The standard InChI is InChI=1S/C17H25NO3/c1-14-3-2-4-16(13-14)19-10-9-18-15-5-7-17(8-6-15)20-11-12-21-17/h2-4,13,15,18H,5-12H2,1H3. The van der Waals surface area contributed by atoms with Gasteiger partial charge in [0.15, 0.2) is 5.79 Å². The highest BCUT2D eigenvalue weighted by molar-refractivity contribution is 5.27. The number of rotatable bonds is 5. The second-order valence-electron chi connectivity index (χ2n) is 6.00. The van der Waals surface area contributed by atoms with Gasteiger partial charge in [-0.25, -0.2) is 0 Å². The van der Waals surface area contributed by atoms with Crippen LogP contribution in [0.5, 0.6) is 5.75 Å². The van der Waals surface area contributed by atoms with Crippen LogP contribution in [0.1, 0.15) is 31.2 Å². The second-order valence-corrected chi connectivity index (χ2v) is 6.00. The largest absolute Gasteiger partial charge is 0.492 e. The lowest BCUT2D eigenvalue weighted by molar-refractivity contribution is -0.179. The van der Waals surface area contributed by atoms with Crippen molar-refractivity contribution in [3.63, 3.8) is 0 Å². The molecule has 1 aromatic carbocycles. The van der Waals surface area contributed by atoms with Gasteiger partial charge in [-0.2, -0.15) is 0 Å². The van der Waals surface area contributed by atoms with Crippen LogP contribution in [0.3, 0.4) is 0 Å². The molecule has 1 saturated heterocycles. The third-order valence-corrected chi connectivity index (χ3v) is 4.35. The van der Waals surface area contributed by atoms with Crippen molar-refractivity contribution >= 4 is 0 Å². The minimum Gasteiger partial charge on any atom is -0.492 e. The predicted octanol–water partition coefficient (Wildman–Crippen LogP) is 2.65. The molecule has 1 aromatic rings. The molecule has 3 rings (SSSR count). The van der Waals surface area contributed by atoms with Crippen molar-refractivity contribution in [2.75, 3.05) is 26.4 Å². The van der Waals surface area contributed by atoms with Crippen LogP contribution in [0.2, 0.25) is 0 Å². The summed E-state index contributed by atoms with van der Waals surface area (Å²) >= 11 is 0. The average Bonchev–Trinajstić information content (AvgIpc) is 2.94. The lowest BCUT2D eigenvalue weighted by Crippen LogP contribution is -2.43. The van der Waals surface area contributed by atoms with Gasteiger partial charge in [0.1, 0.15) is 12.4 Å². The van der Waals surface area contributed by atoms with Crippen molar-refractivity contribution < 1.29 is 14.2 Å². The van der Waals surface area contributed by atoms with E-state index in [4.69, 9.17) is 14.2 Å². The number of hydrogen-bond acceptors (Lipinski definition) is 4. The summed E-state index contributed by atoms with van der Waals surface area (Å²) in [6.07, 6.45) is 4.24. The van der Waals surface area contributed by atoms with Crippen LogP contribution in [0, 0.1) is 6.92 Å². The monoisotopic (exact) mass is 291 g/mol. The van der Waals surface area contributed by atoms with Crippen LogP contribution in [0.25, 0.3) is 0 Å². The van der Waals surface area contributed by atoms with E-state index in [0.29, 0.717) is 12.6 Å². The fourth-order valence-corrected chi connectivity index (χ4v) is 3.18. The number of nitrogens with one attached hydrogen (secondary N) is 1. The Morgan fingerprint density at radius 2 is 2.00 bits per heavy atom. The lowest BCUT2D eigenvalue weighted by Gasteiger charge is -2.35. The van der Waals surface area contributed by atoms with Gasteiger partial charge in [-0.15, -0.1) is 0 Å². The summed E-state index contributed by atoms with van der Waals surface area (Å²) in [6, 6.07) is 8.74. The van der Waals surface area contributed by atoms with Gasteiger partial charge in [0.05, 0.1) is 13.2 Å². The summed E-state index contributed by atoms with van der Waals surface area (Å²) in [5, 5.41) is 3.58. The Kier molecular flexibility index (Phi) is 4.78. The van der Waals surface area contributed by atoms with Crippen LogP contribution in [-0.4, -0.2) is 38.2 Å². The Bertz CT molecular complexity index is 447. The van der Waals surface area contributed by atoms with Crippen molar-refractivity contribution in [2.45, 2.75) is 44.4 Å². The van der Waals surface area contributed by atoms with Crippen molar-refractivity contribution in [2.24, 2.45) is 0 Å². The molecule has 2 aliphatic rings. The van der Waals surface area contributed by atoms with E-state index >= 15 is 0 Å². The zero-order valence-corrected chi connectivity index (χ0v) is 12.8. The molecule has 1 spiro atoms. The Hall–Kier alpha value is -1.10. The lowest BCUT2D eigenvalue weighted by atomic mass is 9.90. The van der Waals surface area contributed by atoms with Crippen LogP contribution in [0.4, 0.5) is 0 Å². The quantitative estimate of drug-likeness (QED) is 0.847. The van der Waals surface area contributed by atoms with Gasteiger partial charge in [0, 0.05) is 25.4 Å². The first kappa shape index (κ1) is 14.8. The highest BCUT2D eigenvalue weighted by Crippen LogP contribution is 2.35. The zero-order valence-electron chi connectivity index (χ0n) is 12.8. The predicted molar refractivity (Wildman–Crippen MR) is 81.6 cm³/mol. The third-order valence-electron chi connectivity index (χ3n) is 4.35. The van der Waals surface area contributed by atoms with E-state index in [2.05, 4.69) is 24.4 Å². The van der Waals surface area contributed by atoms with Crippen molar-refractivity contribution in [1.29, 1.82) is 0 Å². The van der Waals surface area contributed by atoms with Gasteiger partial charge in [0.2, 0.25) is 0 Å². The first-order valence-electron chi connectivity index (χ1n) is 7.97. The summed E-state index contributed by atoms with van der Waals surface area (Å²) in [4.78, 5) is 0. The first-order valence-corrected chi connectivity index (χ1v) is 7.97. The molecule has 0 bridgehead atoms. The zero-order chi connectivity index (χ0) is 14.5. The molecule has 1 aliphatic heterocycles. The van der Waals surface area contributed by atoms with Crippen molar-refractivity contribution in [1.82, 2.24) is 5.32 Å². The summed E-state index contributed by atoms with van der Waals surface area (Å²) in [5.41, 5.74) is 1.23. The van der Waals surface area contributed by atoms with E-state index in [0.717, 1.165) is 51.2 Å². The average molecular weight is 291 g/mol. The summed E-state index contributed by atoms with van der Waals surface area (Å²) in [7, 11) is 0. The Morgan fingerprint density at radius 3 is 2.71 bits per heavy atom. The molecular formula is C17H25NO3. The first-order chi connectivity index (χ1) is 10.3. The maximum atomic E-state index is 5.76. The Balaban J connectivity index is 1.33. The Morgan fingerprint density at radius 1 is 1.24 bits per heavy atom. The molecule has 1 N–H and O–H groups in total. The van der Waals surface area contributed by atoms with Crippen LogP contribution in [0.15, 0.2) is 24.3 Å². The molecule has 0 aromatic heterocycles. The van der Waals surface area contributed by atoms with E-state index in [1.54, 1.807) is 0 Å². The Labute approximate surface area is 126 Å². The highest BCUT2D eigenvalue weighted by Gasteiger charge is 2.39. The molecule has 0 amide bonds. The van der Waals surface area contributed by atoms with E-state index < -0.39 is 0 Å². The van der Waals surface area contributed by atoms with E-state index in [9.17, 15) is 0 Å². The second kappa shape index (κ2) is 6.77. The molecule has 1 aliphatic carbocycles. The molecule has 21 heavy (non-hydrogen) atoms. The minimum atomic E-state index is -0.254. The minimum absolute atomic E-state index is 0.254. The van der Waals surface area contributed by atoms with Crippen LogP contribution < -0.4 is 10.1 Å². The topological polar surface area (TPSA) is 39.7 Å². The fourth-order valence-electron chi connectivity index (χ4n) is 3.18. The maximum Gasteiger partial charge on any atom is 0.168 e. The van der Waals surface area contributed by atoms with E-state index in [1.807, 2.05) is 12.1 Å². The van der Waals surface area contributed by atoms with E-state index in [-0.39, 0.29) is 5.79 Å². The molecule has 1 saturated carbocycles. The van der Waals surface area contributed by atoms with Crippen molar-refractivity contribution in [3.8, 4) is 5.75 Å². The van der Waals surface area contributed by atoms with E-state index in [1.165, 1.54) is 5.56 Å². The van der Waals surface area contributed by atoms with Gasteiger partial charge in [-0.3, -0.25) is 0 Å². The molecule has 1 heterocycles. The summed E-state index contributed by atoms with van der Waals surface area (Å²) in [5.74, 6) is 0.697. The summed E-state index contributed by atoms with van der Waals surface area (Å²) in [6.45, 7) is 5.17. The molecule has 116 valence electrons. The van der Waals surface area contributed by atoms with Crippen LogP contribution >= 0.6 is 0 Å². The fraction of sp³-hybridized carbons (Fsp3) is 0.647. The van der Waals surface area contributed by atoms with Gasteiger partial charge < -0.3 is 19.5 Å². The van der Waals surface area contributed by atoms with Crippen LogP contribution in [-0.2, 0) is 9.47 Å². The third kappa shape index (κ3) is 3.96. The highest BCUT2D eigenvalue weighted by atomic mass is 16.7. The molecule has 0 atom stereocenters. The summed E-state index contributed by atoms with van der Waals surface area (Å²) < 4.78 is 17.3. The molecule has 4 heteroatoms. The van der Waals surface area contributed by atoms with Gasteiger partial charge >= 0.3 is 0 Å². The van der Waals surface area contributed by atoms with Gasteiger partial charge in [-0.05, 0) is 37.5 Å². The normalized spacial score (nSPS) is 21.8.